The molecular weight excluding hydrogens is 330 g/mol. The highest BCUT2D eigenvalue weighted by atomic mass is 16.5. The average molecular weight is 349 g/mol. The molecule has 0 bridgehead atoms. The lowest BCUT2D eigenvalue weighted by Gasteiger charge is -2.28. The van der Waals surface area contributed by atoms with Crippen LogP contribution in [0.25, 0.3) is 11.4 Å². The second-order valence-electron chi connectivity index (χ2n) is 6.30. The Morgan fingerprint density at radius 2 is 1.96 bits per heavy atom. The molecule has 0 fully saturated rings. The number of fused-ring (bicyclic) bond motifs is 1. The number of aryl methyl sites for hydroxylation is 2. The van der Waals surface area contributed by atoms with Crippen molar-refractivity contribution in [2.45, 2.75) is 26.8 Å². The molecule has 2 heterocycles. The number of benzene rings is 2. The lowest BCUT2D eigenvalue weighted by atomic mass is 10.1. The molecule has 3 aromatic rings. The zero-order valence-corrected chi connectivity index (χ0v) is 14.7. The summed E-state index contributed by atoms with van der Waals surface area (Å²) in [6, 6.07) is 13.8. The molecule has 0 saturated heterocycles. The van der Waals surface area contributed by atoms with Crippen LogP contribution in [0.3, 0.4) is 0 Å². The van der Waals surface area contributed by atoms with Crippen molar-refractivity contribution in [2.24, 2.45) is 0 Å². The van der Waals surface area contributed by atoms with Gasteiger partial charge in [0.05, 0.1) is 5.69 Å². The van der Waals surface area contributed by atoms with Crippen LogP contribution in [-0.4, -0.2) is 22.7 Å². The molecule has 0 spiro atoms. The van der Waals surface area contributed by atoms with Crippen LogP contribution in [0.5, 0.6) is 5.75 Å². The highest BCUT2D eigenvalue weighted by Gasteiger charge is 2.27. The molecule has 0 unspecified atom stereocenters. The summed E-state index contributed by atoms with van der Waals surface area (Å²) in [4.78, 5) is 18.4. The Kier molecular flexibility index (Phi) is 4.16. The molecule has 0 atom stereocenters. The molecule has 0 saturated carbocycles. The van der Waals surface area contributed by atoms with E-state index in [0.717, 1.165) is 23.2 Å². The Morgan fingerprint density at radius 1 is 1.15 bits per heavy atom. The third kappa shape index (κ3) is 3.06. The molecule has 6 nitrogen and oxygen atoms in total. The summed E-state index contributed by atoms with van der Waals surface area (Å²) < 4.78 is 10.9. The van der Waals surface area contributed by atoms with E-state index in [-0.39, 0.29) is 19.1 Å². The first-order valence-corrected chi connectivity index (χ1v) is 8.60. The lowest BCUT2D eigenvalue weighted by molar-refractivity contribution is -0.121. The van der Waals surface area contributed by atoms with Crippen LogP contribution in [0.4, 0.5) is 5.69 Å². The van der Waals surface area contributed by atoms with Gasteiger partial charge in [0.15, 0.2) is 6.61 Å². The summed E-state index contributed by atoms with van der Waals surface area (Å²) in [5.74, 6) is 1.47. The average Bonchev–Trinajstić information content (AvgIpc) is 3.13. The van der Waals surface area contributed by atoms with Crippen molar-refractivity contribution in [3.8, 4) is 17.1 Å². The van der Waals surface area contributed by atoms with E-state index in [1.165, 1.54) is 5.56 Å². The normalized spacial score (nSPS) is 13.5. The molecule has 132 valence electrons. The monoisotopic (exact) mass is 349 g/mol. The third-order valence-electron chi connectivity index (χ3n) is 4.44. The second-order valence-corrected chi connectivity index (χ2v) is 6.30. The highest BCUT2D eigenvalue weighted by molar-refractivity contribution is 5.97. The van der Waals surface area contributed by atoms with Gasteiger partial charge in [0.2, 0.25) is 11.7 Å². The van der Waals surface area contributed by atoms with Gasteiger partial charge >= 0.3 is 0 Å². The van der Waals surface area contributed by atoms with Crippen molar-refractivity contribution in [2.75, 3.05) is 11.5 Å². The van der Waals surface area contributed by atoms with Crippen molar-refractivity contribution in [3.05, 3.63) is 59.5 Å². The number of carbonyl (C=O) groups is 1. The largest absolute Gasteiger partial charge is 0.482 e. The summed E-state index contributed by atoms with van der Waals surface area (Å²) in [5, 5.41) is 4.05. The fourth-order valence-electron chi connectivity index (χ4n) is 2.95. The first-order chi connectivity index (χ1) is 12.6. The van der Waals surface area contributed by atoms with Gasteiger partial charge in [-0.1, -0.05) is 42.4 Å². The molecule has 2 aromatic carbocycles. The molecule has 0 radical (unpaired) electrons. The number of carbonyl (C=O) groups excluding carboxylic acids is 1. The van der Waals surface area contributed by atoms with E-state index < -0.39 is 0 Å². The molecular formula is C20H19N3O3. The van der Waals surface area contributed by atoms with Crippen LogP contribution in [0.1, 0.15) is 23.9 Å². The SMILES string of the molecule is CCc1ccc(-c2noc(CN3C(=O)COc4cc(C)ccc43)n2)cc1. The molecule has 4 rings (SSSR count). The van der Waals surface area contributed by atoms with E-state index in [2.05, 4.69) is 29.2 Å². The van der Waals surface area contributed by atoms with E-state index in [4.69, 9.17) is 9.26 Å². The number of amides is 1. The molecule has 26 heavy (non-hydrogen) atoms. The number of nitrogens with zero attached hydrogens (tertiary/aromatic N) is 3. The number of hydrogen-bond donors (Lipinski definition) is 0. The standard InChI is InChI=1S/C20H19N3O3/c1-3-14-5-7-15(8-6-14)20-21-18(26-22-20)11-23-16-9-4-13(2)10-17(16)25-12-19(23)24/h4-10H,3,11-12H2,1-2H3. The highest BCUT2D eigenvalue weighted by Crippen LogP contribution is 2.33. The summed E-state index contributed by atoms with van der Waals surface area (Å²) in [6.45, 7) is 4.33. The number of hydrogen-bond acceptors (Lipinski definition) is 5. The Balaban J connectivity index is 1.58. The van der Waals surface area contributed by atoms with Crippen molar-refractivity contribution in [1.29, 1.82) is 0 Å². The van der Waals surface area contributed by atoms with Gasteiger partial charge in [0.1, 0.15) is 12.3 Å². The zero-order valence-electron chi connectivity index (χ0n) is 14.7. The van der Waals surface area contributed by atoms with Crippen molar-refractivity contribution >= 4 is 11.6 Å². The van der Waals surface area contributed by atoms with Gasteiger partial charge in [-0.25, -0.2) is 0 Å². The molecule has 1 amide bonds. The Bertz CT molecular complexity index is 947. The minimum Gasteiger partial charge on any atom is -0.482 e. The van der Waals surface area contributed by atoms with Crippen molar-refractivity contribution in [3.63, 3.8) is 0 Å². The predicted octanol–water partition coefficient (Wildman–Crippen LogP) is 3.53. The molecule has 6 heteroatoms. The van der Waals surface area contributed by atoms with Crippen LogP contribution in [0.15, 0.2) is 47.0 Å². The predicted molar refractivity (Wildman–Crippen MR) is 97.0 cm³/mol. The molecule has 0 N–H and O–H groups in total. The maximum Gasteiger partial charge on any atom is 0.265 e. The number of ether oxygens (including phenoxy) is 1. The molecule has 1 aliphatic heterocycles. The van der Waals surface area contributed by atoms with E-state index >= 15 is 0 Å². The molecule has 1 aromatic heterocycles. The van der Waals surface area contributed by atoms with Gasteiger partial charge in [-0.3, -0.25) is 9.69 Å². The fraction of sp³-hybridized carbons (Fsp3) is 0.250. The smallest absolute Gasteiger partial charge is 0.265 e. The van der Waals surface area contributed by atoms with E-state index in [0.29, 0.717) is 17.5 Å². The van der Waals surface area contributed by atoms with Gasteiger partial charge in [-0.2, -0.15) is 4.98 Å². The third-order valence-corrected chi connectivity index (χ3v) is 4.44. The summed E-state index contributed by atoms with van der Waals surface area (Å²) >= 11 is 0. The topological polar surface area (TPSA) is 68.5 Å². The van der Waals surface area contributed by atoms with Crippen LogP contribution in [-0.2, 0) is 17.8 Å². The number of rotatable bonds is 4. The Labute approximate surface area is 151 Å². The number of aromatic nitrogens is 2. The first kappa shape index (κ1) is 16.3. The summed E-state index contributed by atoms with van der Waals surface area (Å²) in [5.41, 5.74) is 3.94. The van der Waals surface area contributed by atoms with Gasteiger partial charge in [-0.05, 0) is 36.6 Å². The minimum atomic E-state index is -0.131. The minimum absolute atomic E-state index is 0.00985. The quantitative estimate of drug-likeness (QED) is 0.721. The maximum absolute atomic E-state index is 12.3. The van der Waals surface area contributed by atoms with Crippen LogP contribution < -0.4 is 9.64 Å². The van der Waals surface area contributed by atoms with Gasteiger partial charge in [0, 0.05) is 5.56 Å². The molecule has 0 aliphatic carbocycles. The van der Waals surface area contributed by atoms with E-state index in [1.807, 2.05) is 37.3 Å². The van der Waals surface area contributed by atoms with Gasteiger partial charge < -0.3 is 9.26 Å². The van der Waals surface area contributed by atoms with Gasteiger partial charge in [-0.15, -0.1) is 0 Å². The first-order valence-electron chi connectivity index (χ1n) is 8.60. The Morgan fingerprint density at radius 3 is 2.73 bits per heavy atom. The lowest BCUT2D eigenvalue weighted by Crippen LogP contribution is -2.38. The van der Waals surface area contributed by atoms with Crippen LogP contribution in [0.2, 0.25) is 0 Å². The van der Waals surface area contributed by atoms with Crippen LogP contribution in [0, 0.1) is 6.92 Å². The van der Waals surface area contributed by atoms with Crippen molar-refractivity contribution in [1.82, 2.24) is 10.1 Å². The number of anilines is 1. The zero-order chi connectivity index (χ0) is 18.1. The maximum atomic E-state index is 12.3. The fourth-order valence-corrected chi connectivity index (χ4v) is 2.95. The Hall–Kier alpha value is -3.15. The van der Waals surface area contributed by atoms with Crippen molar-refractivity contribution < 1.29 is 14.1 Å². The summed E-state index contributed by atoms with van der Waals surface area (Å²) in [7, 11) is 0. The van der Waals surface area contributed by atoms with E-state index in [1.54, 1.807) is 4.90 Å². The summed E-state index contributed by atoms with van der Waals surface area (Å²) in [6.07, 6.45) is 0.982. The van der Waals surface area contributed by atoms with E-state index in [9.17, 15) is 4.79 Å². The second kappa shape index (κ2) is 6.63. The molecule has 1 aliphatic rings. The van der Waals surface area contributed by atoms with Crippen LogP contribution >= 0.6 is 0 Å². The van der Waals surface area contributed by atoms with Gasteiger partial charge in [0.25, 0.3) is 5.91 Å².